The van der Waals surface area contributed by atoms with Gasteiger partial charge in [-0.1, -0.05) is 49.7 Å². The van der Waals surface area contributed by atoms with Crippen molar-refractivity contribution < 1.29 is 14.3 Å². The zero-order valence-electron chi connectivity index (χ0n) is 19.3. The van der Waals surface area contributed by atoms with Crippen LogP contribution in [-0.2, 0) is 28.8 Å². The van der Waals surface area contributed by atoms with Crippen molar-refractivity contribution in [3.8, 4) is 17.0 Å². The van der Waals surface area contributed by atoms with Gasteiger partial charge in [0.15, 0.2) is 0 Å². The molecule has 0 saturated carbocycles. The van der Waals surface area contributed by atoms with Crippen LogP contribution in [0.1, 0.15) is 49.3 Å². The van der Waals surface area contributed by atoms with E-state index >= 15 is 0 Å². The van der Waals surface area contributed by atoms with Crippen molar-refractivity contribution in [3.63, 3.8) is 0 Å². The maximum atomic E-state index is 11.8. The SMILES string of the molecule is CCc1nc(-c2ccc(OC)cc2Cl)c(CC)nc1N[C@@H]1c2ccccc2C[C@@H]1OC(C)=O. The van der Waals surface area contributed by atoms with Gasteiger partial charge in [-0.2, -0.15) is 0 Å². The molecule has 0 radical (unpaired) electrons. The minimum atomic E-state index is -0.299. The maximum absolute atomic E-state index is 11.8. The summed E-state index contributed by atoms with van der Waals surface area (Å²) in [7, 11) is 1.61. The Balaban J connectivity index is 1.75. The zero-order chi connectivity index (χ0) is 23.5. The highest BCUT2D eigenvalue weighted by Crippen LogP contribution is 2.38. The maximum Gasteiger partial charge on any atom is 0.302 e. The molecule has 0 fully saturated rings. The summed E-state index contributed by atoms with van der Waals surface area (Å²) in [6.07, 6.45) is 1.75. The first-order valence-electron chi connectivity index (χ1n) is 11.2. The molecule has 172 valence electrons. The number of carbonyl (C=O) groups is 1. The molecule has 7 heteroatoms. The molecule has 0 spiro atoms. The highest BCUT2D eigenvalue weighted by molar-refractivity contribution is 6.33. The lowest BCUT2D eigenvalue weighted by atomic mass is 10.1. The molecule has 1 aromatic heterocycles. The molecular weight excluding hydrogens is 438 g/mol. The van der Waals surface area contributed by atoms with Crippen LogP contribution >= 0.6 is 11.6 Å². The number of aromatic nitrogens is 2. The van der Waals surface area contributed by atoms with E-state index < -0.39 is 0 Å². The van der Waals surface area contributed by atoms with Crippen molar-refractivity contribution in [1.82, 2.24) is 9.97 Å². The quantitative estimate of drug-likeness (QED) is 0.460. The molecule has 3 aromatic rings. The van der Waals surface area contributed by atoms with E-state index in [-0.39, 0.29) is 18.1 Å². The number of nitrogens with one attached hydrogen (secondary N) is 1. The second-order valence-corrected chi connectivity index (χ2v) is 8.45. The van der Waals surface area contributed by atoms with Gasteiger partial charge in [0.05, 0.1) is 35.3 Å². The number of hydrogen-bond acceptors (Lipinski definition) is 6. The van der Waals surface area contributed by atoms with E-state index in [1.165, 1.54) is 12.5 Å². The Morgan fingerprint density at radius 3 is 2.55 bits per heavy atom. The lowest BCUT2D eigenvalue weighted by molar-refractivity contribution is -0.146. The third kappa shape index (κ3) is 4.67. The topological polar surface area (TPSA) is 73.3 Å². The monoisotopic (exact) mass is 465 g/mol. The van der Waals surface area contributed by atoms with E-state index in [9.17, 15) is 4.79 Å². The van der Waals surface area contributed by atoms with Gasteiger partial charge in [0.25, 0.3) is 0 Å². The minimum absolute atomic E-state index is 0.190. The first kappa shape index (κ1) is 23.1. The number of fused-ring (bicyclic) bond motifs is 1. The van der Waals surface area contributed by atoms with Crippen molar-refractivity contribution in [2.24, 2.45) is 0 Å². The summed E-state index contributed by atoms with van der Waals surface area (Å²) in [6, 6.07) is 13.5. The predicted octanol–water partition coefficient (Wildman–Crippen LogP) is 5.57. The highest BCUT2D eigenvalue weighted by atomic mass is 35.5. The van der Waals surface area contributed by atoms with Crippen LogP contribution < -0.4 is 10.1 Å². The zero-order valence-corrected chi connectivity index (χ0v) is 20.1. The van der Waals surface area contributed by atoms with E-state index in [2.05, 4.69) is 17.4 Å². The van der Waals surface area contributed by atoms with Crippen LogP contribution in [0.4, 0.5) is 5.82 Å². The molecule has 1 aliphatic carbocycles. The molecule has 2 aromatic carbocycles. The van der Waals surface area contributed by atoms with Gasteiger partial charge in [-0.3, -0.25) is 4.79 Å². The number of hydrogen-bond donors (Lipinski definition) is 1. The molecule has 0 saturated heterocycles. The van der Waals surface area contributed by atoms with Gasteiger partial charge in [-0.25, -0.2) is 9.97 Å². The number of aryl methyl sites for hydroxylation is 2. The molecule has 4 rings (SSSR count). The summed E-state index contributed by atoms with van der Waals surface area (Å²) < 4.78 is 10.9. The Labute approximate surface area is 199 Å². The van der Waals surface area contributed by atoms with Crippen LogP contribution in [0.2, 0.25) is 5.02 Å². The Morgan fingerprint density at radius 2 is 1.88 bits per heavy atom. The van der Waals surface area contributed by atoms with Crippen LogP contribution in [0.3, 0.4) is 0 Å². The number of nitrogens with zero attached hydrogens (tertiary/aromatic N) is 2. The fourth-order valence-corrected chi connectivity index (χ4v) is 4.60. The van der Waals surface area contributed by atoms with Crippen LogP contribution in [0.25, 0.3) is 11.3 Å². The van der Waals surface area contributed by atoms with Crippen molar-refractivity contribution >= 4 is 23.4 Å². The second-order valence-electron chi connectivity index (χ2n) is 8.04. The number of ether oxygens (including phenoxy) is 2. The number of methoxy groups -OCH3 is 1. The van der Waals surface area contributed by atoms with Crippen LogP contribution in [0.5, 0.6) is 5.75 Å². The van der Waals surface area contributed by atoms with Gasteiger partial charge >= 0.3 is 5.97 Å². The van der Waals surface area contributed by atoms with E-state index in [1.807, 2.05) is 38.1 Å². The number of anilines is 1. The Bertz CT molecular complexity index is 1180. The van der Waals surface area contributed by atoms with E-state index in [0.29, 0.717) is 35.9 Å². The summed E-state index contributed by atoms with van der Waals surface area (Å²) in [5, 5.41) is 4.12. The minimum Gasteiger partial charge on any atom is -0.497 e. The molecule has 1 heterocycles. The third-order valence-electron chi connectivity index (χ3n) is 5.93. The molecule has 1 N–H and O–H groups in total. The van der Waals surface area contributed by atoms with Gasteiger partial charge in [-0.15, -0.1) is 0 Å². The number of benzene rings is 2. The number of rotatable bonds is 7. The lowest BCUT2D eigenvalue weighted by Gasteiger charge is -2.24. The van der Waals surface area contributed by atoms with Crippen molar-refractivity contribution in [2.75, 3.05) is 12.4 Å². The number of carbonyl (C=O) groups excluding carboxylic acids is 1. The van der Waals surface area contributed by atoms with Gasteiger partial charge in [0, 0.05) is 18.9 Å². The van der Waals surface area contributed by atoms with Crippen molar-refractivity contribution in [1.29, 1.82) is 0 Å². The van der Waals surface area contributed by atoms with Crippen molar-refractivity contribution in [3.05, 3.63) is 70.0 Å². The largest absolute Gasteiger partial charge is 0.497 e. The molecule has 0 unspecified atom stereocenters. The lowest BCUT2D eigenvalue weighted by Crippen LogP contribution is -2.27. The number of esters is 1. The number of halogens is 1. The second kappa shape index (κ2) is 9.79. The van der Waals surface area contributed by atoms with E-state index in [4.69, 9.17) is 31.0 Å². The molecule has 2 atom stereocenters. The Kier molecular flexibility index (Phi) is 6.84. The Morgan fingerprint density at radius 1 is 1.12 bits per heavy atom. The van der Waals surface area contributed by atoms with Crippen LogP contribution in [0.15, 0.2) is 42.5 Å². The third-order valence-corrected chi connectivity index (χ3v) is 6.25. The van der Waals surface area contributed by atoms with Crippen molar-refractivity contribution in [2.45, 2.75) is 52.2 Å². The summed E-state index contributed by atoms with van der Waals surface area (Å²) >= 11 is 6.56. The molecule has 0 aliphatic heterocycles. The summed E-state index contributed by atoms with van der Waals surface area (Å²) in [5.74, 6) is 1.11. The predicted molar refractivity (Wildman–Crippen MR) is 130 cm³/mol. The molecule has 6 nitrogen and oxygen atoms in total. The van der Waals surface area contributed by atoms with E-state index in [0.717, 1.165) is 28.2 Å². The fourth-order valence-electron chi connectivity index (χ4n) is 4.34. The fraction of sp³-hybridized carbons (Fsp3) is 0.346. The molecule has 0 amide bonds. The standard InChI is InChI=1S/C26H28ClN3O3/c1-5-21-24(19-12-11-17(32-4)14-20(19)27)28-22(6-2)26(29-21)30-25-18-10-8-7-9-16(18)13-23(25)33-15(3)31/h7-12,14,23,25H,5-6,13H2,1-4H3,(H,29,30)/t23-,25+/m0/s1. The average Bonchev–Trinajstić information content (AvgIpc) is 3.15. The summed E-state index contributed by atoms with van der Waals surface area (Å²) in [5.41, 5.74) is 5.57. The molecular formula is C26H28ClN3O3. The first-order valence-corrected chi connectivity index (χ1v) is 11.6. The van der Waals surface area contributed by atoms with Crippen LogP contribution in [0, 0.1) is 0 Å². The van der Waals surface area contributed by atoms with E-state index in [1.54, 1.807) is 13.2 Å². The van der Waals surface area contributed by atoms with Gasteiger partial charge in [0.1, 0.15) is 17.7 Å². The highest BCUT2D eigenvalue weighted by Gasteiger charge is 2.35. The molecule has 33 heavy (non-hydrogen) atoms. The smallest absolute Gasteiger partial charge is 0.302 e. The normalized spacial score (nSPS) is 16.9. The molecule has 1 aliphatic rings. The average molecular weight is 466 g/mol. The summed E-state index contributed by atoms with van der Waals surface area (Å²) in [6.45, 7) is 5.54. The van der Waals surface area contributed by atoms with Gasteiger partial charge in [0.2, 0.25) is 0 Å². The van der Waals surface area contributed by atoms with Gasteiger partial charge in [-0.05, 0) is 42.2 Å². The van der Waals surface area contributed by atoms with Gasteiger partial charge < -0.3 is 14.8 Å². The summed E-state index contributed by atoms with van der Waals surface area (Å²) in [4.78, 5) is 21.7. The Hall–Kier alpha value is -3.12. The molecule has 0 bridgehead atoms. The first-order chi connectivity index (χ1) is 15.9. The van der Waals surface area contributed by atoms with Crippen LogP contribution in [-0.4, -0.2) is 29.2 Å².